The van der Waals surface area contributed by atoms with E-state index in [1.165, 1.54) is 18.2 Å². The number of nitrogen functional groups attached to an aromatic ring is 1. The van der Waals surface area contributed by atoms with Crippen molar-refractivity contribution in [1.82, 2.24) is 24.6 Å². The number of nitrogens with two attached hydrogens (primary N) is 1. The highest BCUT2D eigenvalue weighted by molar-refractivity contribution is 7.36. The molecule has 4 atom stereocenters. The average molecular weight is 563 g/mol. The van der Waals surface area contributed by atoms with Crippen LogP contribution in [0.2, 0.25) is 0 Å². The molecule has 0 bridgehead atoms. The summed E-state index contributed by atoms with van der Waals surface area (Å²) in [5.41, 5.74) is 6.75. The van der Waals surface area contributed by atoms with Crippen molar-refractivity contribution in [3.05, 3.63) is 24.2 Å². The second-order valence-electron chi connectivity index (χ2n) is 10.2. The molecule has 2 aromatic rings. The van der Waals surface area contributed by atoms with Crippen LogP contribution in [-0.2, 0) is 23.4 Å². The monoisotopic (exact) mass is 562 g/mol. The molecule has 2 aliphatic heterocycles. The van der Waals surface area contributed by atoms with Gasteiger partial charge in [0.05, 0.1) is 31.1 Å². The van der Waals surface area contributed by atoms with Crippen LogP contribution in [0, 0.1) is 5.92 Å². The number of likely N-dealkylation sites (tertiary alicyclic amines) is 1. The molecule has 2 aliphatic rings. The Morgan fingerprint density at radius 3 is 2.79 bits per heavy atom. The zero-order valence-electron chi connectivity index (χ0n) is 21.4. The zero-order chi connectivity index (χ0) is 27.5. The van der Waals surface area contributed by atoms with Crippen molar-refractivity contribution < 1.29 is 36.5 Å². The fourth-order valence-electron chi connectivity index (χ4n) is 4.81. The molecular weight excluding hydrogens is 528 g/mol. The third kappa shape index (κ3) is 7.44. The normalized spacial score (nSPS) is 25.0. The number of alkyl halides is 3. The Hall–Kier alpha value is -2.25. The second kappa shape index (κ2) is 11.9. The second-order valence-corrected chi connectivity index (χ2v) is 11.4. The van der Waals surface area contributed by atoms with Crippen LogP contribution in [0.25, 0.3) is 5.52 Å². The Balaban J connectivity index is 1.17. The number of piperidine rings is 1. The van der Waals surface area contributed by atoms with E-state index in [-0.39, 0.29) is 25.2 Å². The lowest BCUT2D eigenvalue weighted by molar-refractivity contribution is -0.151. The number of nitrogens with zero attached hydrogens (tertiary/aromatic N) is 4. The van der Waals surface area contributed by atoms with Gasteiger partial charge in [0.2, 0.25) is 0 Å². The minimum Gasteiger partial charge on any atom is -0.464 e. The third-order valence-corrected chi connectivity index (χ3v) is 8.05. The van der Waals surface area contributed by atoms with Crippen LogP contribution in [0.3, 0.4) is 0 Å². The fourth-order valence-corrected chi connectivity index (χ4v) is 5.81. The van der Waals surface area contributed by atoms with Crippen molar-refractivity contribution >= 4 is 25.5 Å². The van der Waals surface area contributed by atoms with E-state index in [2.05, 4.69) is 15.2 Å². The molecule has 38 heavy (non-hydrogen) atoms. The van der Waals surface area contributed by atoms with Gasteiger partial charge in [0, 0.05) is 0 Å². The molecule has 15 heteroatoms. The van der Waals surface area contributed by atoms with Crippen LogP contribution < -0.4 is 10.8 Å². The Morgan fingerprint density at radius 1 is 1.34 bits per heavy atom. The van der Waals surface area contributed by atoms with E-state index in [0.717, 1.165) is 5.69 Å². The molecule has 11 nitrogen and oxygen atoms in total. The molecule has 2 fully saturated rings. The first kappa shape index (κ1) is 28.8. The van der Waals surface area contributed by atoms with Crippen LogP contribution in [0.1, 0.15) is 51.3 Å². The SMILES string of the molecule is C[C@H](N[PH](=O)OC[C@]1(C)CC[C@H](c2ccc3c(N)ncnn23)O1)C(=O)OCC1CCN(CC(F)(F)F)CC1. The van der Waals surface area contributed by atoms with E-state index >= 15 is 0 Å². The Morgan fingerprint density at radius 2 is 2.08 bits per heavy atom. The quantitative estimate of drug-likeness (QED) is 0.329. The van der Waals surface area contributed by atoms with Gasteiger partial charge >= 0.3 is 12.1 Å². The standard InChI is InChI=1S/C23H34F3N6O5P/c1-15(21(33)35-11-16-6-9-31(10-7-16)12-23(24,25)26)30-38(34)36-13-22(2)8-5-19(37-22)17-3-4-18-20(27)28-14-29-32(17)18/h3-4,14-16,19,38H,5-13H2,1-2H3,(H,30,34)(H2,27,28,29)/t15-,19+,22-/m0/s1. The van der Waals surface area contributed by atoms with Gasteiger partial charge in [-0.25, -0.2) is 14.6 Å². The van der Waals surface area contributed by atoms with Crippen molar-refractivity contribution in [3.63, 3.8) is 0 Å². The van der Waals surface area contributed by atoms with Crippen molar-refractivity contribution in [2.24, 2.45) is 5.92 Å². The maximum absolute atomic E-state index is 12.5. The molecular formula is C23H34F3N6O5P. The summed E-state index contributed by atoms with van der Waals surface area (Å²) in [6.07, 6.45) is -0.667. The molecule has 3 N–H and O–H groups in total. The summed E-state index contributed by atoms with van der Waals surface area (Å²) >= 11 is 0. The Kier molecular flexibility index (Phi) is 8.98. The molecule has 0 spiro atoms. The third-order valence-electron chi connectivity index (χ3n) is 6.97. The van der Waals surface area contributed by atoms with Crippen LogP contribution >= 0.6 is 8.18 Å². The van der Waals surface area contributed by atoms with Crippen molar-refractivity contribution in [1.29, 1.82) is 0 Å². The van der Waals surface area contributed by atoms with E-state index in [9.17, 15) is 22.5 Å². The number of esters is 1. The van der Waals surface area contributed by atoms with E-state index in [0.29, 0.717) is 50.1 Å². The van der Waals surface area contributed by atoms with Gasteiger partial charge in [-0.15, -0.1) is 0 Å². The van der Waals surface area contributed by atoms with E-state index in [4.69, 9.17) is 19.7 Å². The van der Waals surface area contributed by atoms with E-state index in [1.54, 1.807) is 4.52 Å². The van der Waals surface area contributed by atoms with Crippen molar-refractivity contribution in [2.45, 2.75) is 63.5 Å². The lowest BCUT2D eigenvalue weighted by atomic mass is 9.98. The lowest BCUT2D eigenvalue weighted by Gasteiger charge is -2.32. The predicted octanol–water partition coefficient (Wildman–Crippen LogP) is 3.12. The number of carbonyl (C=O) groups excluding carboxylic acids is 1. The zero-order valence-corrected chi connectivity index (χ0v) is 22.4. The van der Waals surface area contributed by atoms with Gasteiger partial charge in [-0.2, -0.15) is 18.3 Å². The summed E-state index contributed by atoms with van der Waals surface area (Å²) in [5, 5.41) is 6.89. The van der Waals surface area contributed by atoms with Crippen LogP contribution in [0.4, 0.5) is 19.0 Å². The van der Waals surface area contributed by atoms with E-state index < -0.39 is 38.5 Å². The summed E-state index contributed by atoms with van der Waals surface area (Å²) in [6.45, 7) is 3.27. The first-order valence-electron chi connectivity index (χ1n) is 12.6. The largest absolute Gasteiger partial charge is 0.464 e. The summed E-state index contributed by atoms with van der Waals surface area (Å²) in [6, 6.07) is 2.86. The van der Waals surface area contributed by atoms with Gasteiger partial charge in [-0.3, -0.25) is 14.3 Å². The predicted molar refractivity (Wildman–Crippen MR) is 133 cm³/mol. The molecule has 0 aromatic carbocycles. The van der Waals surface area contributed by atoms with Crippen molar-refractivity contribution in [2.75, 3.05) is 38.6 Å². The first-order chi connectivity index (χ1) is 17.9. The molecule has 212 valence electrons. The van der Waals surface area contributed by atoms with Crippen LogP contribution in [0.5, 0.6) is 0 Å². The summed E-state index contributed by atoms with van der Waals surface area (Å²) in [4.78, 5) is 17.7. The molecule has 0 radical (unpaired) electrons. The maximum atomic E-state index is 12.5. The number of hydrogen-bond donors (Lipinski definition) is 2. The number of anilines is 1. The fraction of sp³-hybridized carbons (Fsp3) is 0.696. The molecule has 4 heterocycles. The van der Waals surface area contributed by atoms with Crippen LogP contribution in [-0.4, -0.2) is 76.1 Å². The molecule has 0 amide bonds. The molecule has 4 rings (SSSR count). The highest BCUT2D eigenvalue weighted by Crippen LogP contribution is 2.41. The number of hydrogen-bond acceptors (Lipinski definition) is 9. The molecule has 2 aromatic heterocycles. The number of carbonyl (C=O) groups is 1. The number of rotatable bonds is 10. The summed E-state index contributed by atoms with van der Waals surface area (Å²) < 4.78 is 68.8. The topological polar surface area (TPSA) is 133 Å². The smallest absolute Gasteiger partial charge is 0.401 e. The number of halogens is 3. The van der Waals surface area contributed by atoms with Crippen molar-refractivity contribution in [3.8, 4) is 0 Å². The number of ether oxygens (including phenoxy) is 2. The highest BCUT2D eigenvalue weighted by Gasteiger charge is 2.39. The minimum atomic E-state index is -4.22. The lowest BCUT2D eigenvalue weighted by Crippen LogP contribution is -2.41. The summed E-state index contributed by atoms with van der Waals surface area (Å²) in [7, 11) is -2.77. The number of aromatic nitrogens is 3. The Bertz CT molecular complexity index is 1140. The molecule has 2 saturated heterocycles. The number of nitrogens with one attached hydrogen (secondary N) is 1. The van der Waals surface area contributed by atoms with Gasteiger partial charge in [-0.1, -0.05) is 0 Å². The molecule has 0 aliphatic carbocycles. The van der Waals surface area contributed by atoms with Gasteiger partial charge in [0.15, 0.2) is 5.82 Å². The van der Waals surface area contributed by atoms with Gasteiger partial charge in [-0.05, 0) is 70.7 Å². The Labute approximate surface area is 219 Å². The molecule has 0 saturated carbocycles. The number of fused-ring (bicyclic) bond motifs is 1. The molecule has 1 unspecified atom stereocenters. The van der Waals surface area contributed by atoms with E-state index in [1.807, 2.05) is 19.1 Å². The van der Waals surface area contributed by atoms with Crippen LogP contribution in [0.15, 0.2) is 18.5 Å². The summed E-state index contributed by atoms with van der Waals surface area (Å²) in [5.74, 6) is -0.217. The highest BCUT2D eigenvalue weighted by atomic mass is 31.1. The maximum Gasteiger partial charge on any atom is 0.401 e. The first-order valence-corrected chi connectivity index (χ1v) is 13.9. The average Bonchev–Trinajstić information content (AvgIpc) is 3.46. The van der Waals surface area contributed by atoms with Gasteiger partial charge in [0.25, 0.3) is 8.18 Å². The van der Waals surface area contributed by atoms with Gasteiger partial charge in [0.1, 0.15) is 24.0 Å². The van der Waals surface area contributed by atoms with Gasteiger partial charge < -0.3 is 19.7 Å². The minimum absolute atomic E-state index is 0.00284.